The molecule has 1 amide bonds. The number of carbonyl (C=O) groups excluding carboxylic acids is 1. The van der Waals surface area contributed by atoms with E-state index in [2.05, 4.69) is 36.5 Å². The van der Waals surface area contributed by atoms with Crippen LogP contribution in [0.1, 0.15) is 37.4 Å². The molecule has 2 aliphatic carbocycles. The van der Waals surface area contributed by atoms with Gasteiger partial charge in [0.05, 0.1) is 6.54 Å². The Labute approximate surface area is 114 Å². The summed E-state index contributed by atoms with van der Waals surface area (Å²) in [4.78, 5) is 20.3. The van der Waals surface area contributed by atoms with Crippen LogP contribution in [-0.2, 0) is 4.79 Å². The Morgan fingerprint density at radius 2 is 2.11 bits per heavy atom. The number of anilines is 1. The van der Waals surface area contributed by atoms with Gasteiger partial charge in [-0.25, -0.2) is 9.97 Å². The Bertz CT molecular complexity index is 471. The molecule has 6 heteroatoms. The zero-order chi connectivity index (χ0) is 12.5. The number of carbonyl (C=O) groups is 1. The summed E-state index contributed by atoms with van der Waals surface area (Å²) in [6.45, 7) is 0.268. The van der Waals surface area contributed by atoms with E-state index in [1.807, 2.05) is 0 Å². The van der Waals surface area contributed by atoms with E-state index in [1.165, 1.54) is 0 Å². The Kier molecular flexibility index (Phi) is 3.20. The summed E-state index contributed by atoms with van der Waals surface area (Å²) in [5, 5.41) is 5.98. The second-order valence-electron chi connectivity index (χ2n) is 4.90. The number of halogens is 1. The van der Waals surface area contributed by atoms with Crippen molar-refractivity contribution < 1.29 is 4.79 Å². The Morgan fingerprint density at radius 3 is 2.78 bits per heavy atom. The van der Waals surface area contributed by atoms with Crippen molar-refractivity contribution in [1.29, 1.82) is 0 Å². The van der Waals surface area contributed by atoms with Gasteiger partial charge < -0.3 is 10.6 Å². The van der Waals surface area contributed by atoms with E-state index < -0.39 is 0 Å². The first-order valence-electron chi connectivity index (χ1n) is 6.28. The fourth-order valence-electron chi connectivity index (χ4n) is 1.73. The van der Waals surface area contributed by atoms with Gasteiger partial charge in [0.15, 0.2) is 0 Å². The zero-order valence-corrected chi connectivity index (χ0v) is 11.5. The molecule has 0 saturated heterocycles. The van der Waals surface area contributed by atoms with Crippen LogP contribution in [0.2, 0.25) is 0 Å². The molecule has 96 valence electrons. The van der Waals surface area contributed by atoms with Crippen LogP contribution in [0.5, 0.6) is 0 Å². The number of rotatable bonds is 5. The molecule has 2 aliphatic rings. The third-order valence-electron chi connectivity index (χ3n) is 3.03. The lowest BCUT2D eigenvalue weighted by Crippen LogP contribution is -2.31. The minimum absolute atomic E-state index is 0.0280. The minimum atomic E-state index is 0.0280. The molecular formula is C12H15BrN4O. The number of amides is 1. The number of hydrogen-bond acceptors (Lipinski definition) is 4. The molecule has 2 saturated carbocycles. The van der Waals surface area contributed by atoms with E-state index in [0.29, 0.717) is 17.8 Å². The van der Waals surface area contributed by atoms with Gasteiger partial charge in [0.1, 0.15) is 16.2 Å². The average molecular weight is 311 g/mol. The van der Waals surface area contributed by atoms with Crippen LogP contribution >= 0.6 is 15.9 Å². The van der Waals surface area contributed by atoms with Crippen LogP contribution in [0, 0.1) is 0 Å². The van der Waals surface area contributed by atoms with Crippen LogP contribution in [-0.4, -0.2) is 28.5 Å². The molecule has 2 N–H and O–H groups in total. The van der Waals surface area contributed by atoms with Gasteiger partial charge in [0, 0.05) is 18.0 Å². The van der Waals surface area contributed by atoms with Crippen molar-refractivity contribution in [3.63, 3.8) is 0 Å². The first kappa shape index (κ1) is 11.9. The fourth-order valence-corrected chi connectivity index (χ4v) is 2.13. The van der Waals surface area contributed by atoms with Crippen LogP contribution in [0.15, 0.2) is 10.7 Å². The summed E-state index contributed by atoms with van der Waals surface area (Å²) < 4.78 is 0.768. The molecule has 0 radical (unpaired) electrons. The van der Waals surface area contributed by atoms with Gasteiger partial charge in [-0.1, -0.05) is 0 Å². The highest BCUT2D eigenvalue weighted by Crippen LogP contribution is 2.38. The molecule has 3 rings (SSSR count). The van der Waals surface area contributed by atoms with Crippen molar-refractivity contribution in [1.82, 2.24) is 15.3 Å². The highest BCUT2D eigenvalue weighted by atomic mass is 79.9. The van der Waals surface area contributed by atoms with Gasteiger partial charge in [0.2, 0.25) is 5.91 Å². The largest absolute Gasteiger partial charge is 0.361 e. The summed E-state index contributed by atoms with van der Waals surface area (Å²) in [6, 6.07) is 2.20. The van der Waals surface area contributed by atoms with E-state index in [9.17, 15) is 4.79 Å². The highest BCUT2D eigenvalue weighted by Gasteiger charge is 2.27. The minimum Gasteiger partial charge on any atom is -0.361 e. The molecule has 0 aromatic carbocycles. The number of hydrogen-bond donors (Lipinski definition) is 2. The third kappa shape index (κ3) is 3.19. The summed E-state index contributed by atoms with van der Waals surface area (Å²) in [6.07, 6.45) is 4.55. The maximum Gasteiger partial charge on any atom is 0.239 e. The monoisotopic (exact) mass is 310 g/mol. The number of nitrogens with zero attached hydrogens (tertiary/aromatic N) is 2. The van der Waals surface area contributed by atoms with E-state index in [-0.39, 0.29) is 12.5 Å². The van der Waals surface area contributed by atoms with Crippen LogP contribution < -0.4 is 10.6 Å². The van der Waals surface area contributed by atoms with Crippen molar-refractivity contribution in [2.75, 3.05) is 11.9 Å². The lowest BCUT2D eigenvalue weighted by molar-refractivity contribution is -0.119. The number of aromatic nitrogens is 2. The molecule has 0 aliphatic heterocycles. The van der Waals surface area contributed by atoms with Crippen molar-refractivity contribution in [3.8, 4) is 0 Å². The molecule has 2 fully saturated rings. The van der Waals surface area contributed by atoms with Crippen LogP contribution in [0.25, 0.3) is 0 Å². The third-order valence-corrected chi connectivity index (χ3v) is 3.43. The summed E-state index contributed by atoms with van der Waals surface area (Å²) in [5.41, 5.74) is 0. The van der Waals surface area contributed by atoms with Crippen LogP contribution in [0.3, 0.4) is 0 Å². The molecule has 0 spiro atoms. The first-order chi connectivity index (χ1) is 8.70. The van der Waals surface area contributed by atoms with Gasteiger partial charge >= 0.3 is 0 Å². The second-order valence-corrected chi connectivity index (χ2v) is 5.72. The van der Waals surface area contributed by atoms with E-state index in [4.69, 9.17) is 0 Å². The Morgan fingerprint density at radius 1 is 1.33 bits per heavy atom. The lowest BCUT2D eigenvalue weighted by atomic mass is 10.4. The van der Waals surface area contributed by atoms with Gasteiger partial charge in [-0.05, 0) is 41.6 Å². The smallest absolute Gasteiger partial charge is 0.239 e. The lowest BCUT2D eigenvalue weighted by Gasteiger charge is -2.08. The second kappa shape index (κ2) is 4.84. The molecule has 0 bridgehead atoms. The van der Waals surface area contributed by atoms with E-state index in [0.717, 1.165) is 36.1 Å². The summed E-state index contributed by atoms with van der Waals surface area (Å²) in [7, 11) is 0. The van der Waals surface area contributed by atoms with E-state index in [1.54, 1.807) is 6.07 Å². The first-order valence-corrected chi connectivity index (χ1v) is 7.08. The maximum atomic E-state index is 11.6. The van der Waals surface area contributed by atoms with E-state index >= 15 is 0 Å². The van der Waals surface area contributed by atoms with Crippen molar-refractivity contribution in [2.24, 2.45) is 0 Å². The molecule has 0 atom stereocenters. The molecule has 5 nitrogen and oxygen atoms in total. The SMILES string of the molecule is O=C(CNc1cc(Br)nc(C2CC2)n1)NC1CC1. The molecule has 1 aromatic rings. The molecule has 1 heterocycles. The van der Waals surface area contributed by atoms with Crippen LogP contribution in [0.4, 0.5) is 5.82 Å². The Hall–Kier alpha value is -1.17. The summed E-state index contributed by atoms with van der Waals surface area (Å²) in [5.74, 6) is 2.11. The summed E-state index contributed by atoms with van der Waals surface area (Å²) >= 11 is 3.37. The van der Waals surface area contributed by atoms with Gasteiger partial charge in [-0.3, -0.25) is 4.79 Å². The fraction of sp³-hybridized carbons (Fsp3) is 0.583. The highest BCUT2D eigenvalue weighted by molar-refractivity contribution is 9.10. The quantitative estimate of drug-likeness (QED) is 0.814. The predicted molar refractivity (Wildman–Crippen MR) is 71.4 cm³/mol. The molecule has 1 aromatic heterocycles. The van der Waals surface area contributed by atoms with Crippen molar-refractivity contribution in [2.45, 2.75) is 37.6 Å². The molecule has 0 unspecified atom stereocenters. The standard InChI is InChI=1S/C12H15BrN4O/c13-9-5-10(17-12(16-9)7-1-2-7)14-6-11(18)15-8-3-4-8/h5,7-8H,1-4,6H2,(H,15,18)(H,14,16,17). The van der Waals surface area contributed by atoms with Gasteiger partial charge in [-0.15, -0.1) is 0 Å². The van der Waals surface area contributed by atoms with Gasteiger partial charge in [0.25, 0.3) is 0 Å². The van der Waals surface area contributed by atoms with Crippen molar-refractivity contribution in [3.05, 3.63) is 16.5 Å². The normalized spacial score (nSPS) is 18.5. The molecular weight excluding hydrogens is 296 g/mol. The average Bonchev–Trinajstić information content (AvgIpc) is 3.18. The Balaban J connectivity index is 1.58. The maximum absolute atomic E-state index is 11.6. The molecule has 18 heavy (non-hydrogen) atoms. The zero-order valence-electron chi connectivity index (χ0n) is 9.95. The van der Waals surface area contributed by atoms with Gasteiger partial charge in [-0.2, -0.15) is 0 Å². The van der Waals surface area contributed by atoms with Crippen molar-refractivity contribution >= 4 is 27.7 Å². The predicted octanol–water partition coefficient (Wildman–Crippen LogP) is 1.81. The topological polar surface area (TPSA) is 66.9 Å². The number of nitrogens with one attached hydrogen (secondary N) is 2.